The lowest BCUT2D eigenvalue weighted by Crippen LogP contribution is -2.28. The van der Waals surface area contributed by atoms with Gasteiger partial charge in [-0.2, -0.15) is 0 Å². The van der Waals surface area contributed by atoms with Crippen molar-refractivity contribution in [2.24, 2.45) is 0 Å². The third kappa shape index (κ3) is 2.61. The molecule has 1 atom stereocenters. The van der Waals surface area contributed by atoms with Gasteiger partial charge in [-0.3, -0.25) is 0 Å². The second kappa shape index (κ2) is 4.25. The predicted octanol–water partition coefficient (Wildman–Crippen LogP) is 0.800. The quantitative estimate of drug-likeness (QED) is 0.735. The highest BCUT2D eigenvalue weighted by molar-refractivity contribution is 5.45. The van der Waals surface area contributed by atoms with E-state index in [0.717, 1.165) is 38.2 Å². The van der Waals surface area contributed by atoms with Crippen LogP contribution in [-0.4, -0.2) is 33.8 Å². The van der Waals surface area contributed by atoms with Gasteiger partial charge in [-0.05, 0) is 26.2 Å². The molecule has 1 aliphatic rings. The first kappa shape index (κ1) is 11.1. The normalized spacial score (nSPS) is 26.5. The number of hydrogen-bond donors (Lipinski definition) is 2. The molecular formula is C11H18N4O. The lowest BCUT2D eigenvalue weighted by Gasteiger charge is -2.23. The lowest BCUT2D eigenvalue weighted by atomic mass is 9.98. The molecule has 0 amide bonds. The Morgan fingerprint density at radius 2 is 2.19 bits per heavy atom. The maximum atomic E-state index is 9.99. The number of nitrogens with zero attached hydrogens (tertiary/aromatic N) is 3. The molecule has 2 rings (SSSR count). The van der Waals surface area contributed by atoms with Gasteiger partial charge in [0.25, 0.3) is 0 Å². The molecule has 1 aromatic heterocycles. The lowest BCUT2D eigenvalue weighted by molar-refractivity contribution is 0.0481. The zero-order valence-electron chi connectivity index (χ0n) is 9.56. The highest BCUT2D eigenvalue weighted by Gasteiger charge is 2.25. The summed E-state index contributed by atoms with van der Waals surface area (Å²) in [5.74, 6) is 1.34. The summed E-state index contributed by atoms with van der Waals surface area (Å²) >= 11 is 0. The molecule has 5 nitrogen and oxygen atoms in total. The predicted molar refractivity (Wildman–Crippen MR) is 63.1 cm³/mol. The Morgan fingerprint density at radius 1 is 1.38 bits per heavy atom. The van der Waals surface area contributed by atoms with Gasteiger partial charge in [-0.1, -0.05) is 0 Å². The molecule has 88 valence electrons. The maximum Gasteiger partial charge on any atom is 0.134 e. The van der Waals surface area contributed by atoms with Crippen LogP contribution in [0.5, 0.6) is 0 Å². The summed E-state index contributed by atoms with van der Waals surface area (Å²) in [7, 11) is 0. The van der Waals surface area contributed by atoms with Crippen LogP contribution in [0.25, 0.3) is 0 Å². The van der Waals surface area contributed by atoms with Gasteiger partial charge in [0.05, 0.1) is 5.60 Å². The van der Waals surface area contributed by atoms with Crippen LogP contribution in [-0.2, 0) is 0 Å². The molecule has 1 saturated heterocycles. The minimum absolute atomic E-state index is 0.487. The first-order valence-corrected chi connectivity index (χ1v) is 5.62. The number of rotatable bonds is 1. The van der Waals surface area contributed by atoms with Crippen LogP contribution in [0.3, 0.4) is 0 Å². The van der Waals surface area contributed by atoms with Gasteiger partial charge in [-0.15, -0.1) is 0 Å². The van der Waals surface area contributed by atoms with Gasteiger partial charge >= 0.3 is 0 Å². The summed E-state index contributed by atoms with van der Waals surface area (Å²) in [5, 5.41) is 9.99. The van der Waals surface area contributed by atoms with Gasteiger partial charge in [0.15, 0.2) is 0 Å². The third-order valence-electron chi connectivity index (χ3n) is 3.06. The van der Waals surface area contributed by atoms with Crippen molar-refractivity contribution < 1.29 is 5.11 Å². The molecule has 0 radical (unpaired) electrons. The van der Waals surface area contributed by atoms with Crippen LogP contribution < -0.4 is 10.6 Å². The molecule has 1 unspecified atom stereocenters. The molecule has 1 fully saturated rings. The molecule has 16 heavy (non-hydrogen) atoms. The molecule has 1 aliphatic heterocycles. The summed E-state index contributed by atoms with van der Waals surface area (Å²) < 4.78 is 0. The van der Waals surface area contributed by atoms with E-state index >= 15 is 0 Å². The second-order valence-electron chi connectivity index (χ2n) is 4.64. The monoisotopic (exact) mass is 222 g/mol. The molecule has 0 bridgehead atoms. The summed E-state index contributed by atoms with van der Waals surface area (Å²) in [6, 6.07) is 1.78. The zero-order valence-corrected chi connectivity index (χ0v) is 9.56. The molecular weight excluding hydrogens is 204 g/mol. The van der Waals surface area contributed by atoms with Crippen molar-refractivity contribution in [1.29, 1.82) is 0 Å². The van der Waals surface area contributed by atoms with Crippen molar-refractivity contribution in [2.45, 2.75) is 31.8 Å². The average Bonchev–Trinajstić information content (AvgIpc) is 2.39. The van der Waals surface area contributed by atoms with Crippen molar-refractivity contribution in [1.82, 2.24) is 9.97 Å². The van der Waals surface area contributed by atoms with Crippen LogP contribution in [0.1, 0.15) is 26.2 Å². The van der Waals surface area contributed by atoms with E-state index in [1.54, 1.807) is 6.07 Å². The highest BCUT2D eigenvalue weighted by atomic mass is 16.3. The third-order valence-corrected chi connectivity index (χ3v) is 3.06. The number of anilines is 2. The topological polar surface area (TPSA) is 75.3 Å². The van der Waals surface area contributed by atoms with Crippen molar-refractivity contribution >= 4 is 11.6 Å². The summed E-state index contributed by atoms with van der Waals surface area (Å²) in [4.78, 5) is 10.2. The number of nitrogen functional groups attached to an aromatic ring is 1. The van der Waals surface area contributed by atoms with Crippen molar-refractivity contribution in [3.8, 4) is 0 Å². The van der Waals surface area contributed by atoms with Crippen molar-refractivity contribution in [3.05, 3.63) is 12.4 Å². The molecule has 1 aromatic rings. The standard InChI is InChI=1S/C11H18N4O/c1-11(16)3-2-5-15(6-4-11)10-7-9(12)13-8-14-10/h7-8,16H,2-6H2,1H3,(H2,12,13,14). The Balaban J connectivity index is 2.11. The van der Waals surface area contributed by atoms with E-state index < -0.39 is 5.60 Å². The van der Waals surface area contributed by atoms with Crippen LogP contribution in [0.15, 0.2) is 12.4 Å². The fourth-order valence-corrected chi connectivity index (χ4v) is 2.03. The van der Waals surface area contributed by atoms with Crippen molar-refractivity contribution in [2.75, 3.05) is 23.7 Å². The molecule has 0 aromatic carbocycles. The van der Waals surface area contributed by atoms with Crippen LogP contribution in [0, 0.1) is 0 Å². The molecule has 0 spiro atoms. The molecule has 0 saturated carbocycles. The average molecular weight is 222 g/mol. The minimum Gasteiger partial charge on any atom is -0.390 e. The van der Waals surface area contributed by atoms with E-state index in [9.17, 15) is 5.11 Å². The number of hydrogen-bond acceptors (Lipinski definition) is 5. The van der Waals surface area contributed by atoms with Crippen LogP contribution in [0.4, 0.5) is 11.6 Å². The first-order chi connectivity index (χ1) is 7.57. The molecule has 3 N–H and O–H groups in total. The largest absolute Gasteiger partial charge is 0.390 e. The van der Waals surface area contributed by atoms with E-state index in [-0.39, 0.29) is 0 Å². The smallest absolute Gasteiger partial charge is 0.134 e. The van der Waals surface area contributed by atoms with E-state index in [0.29, 0.717) is 5.82 Å². The summed E-state index contributed by atoms with van der Waals surface area (Å²) in [6.45, 7) is 3.61. The number of aliphatic hydroxyl groups is 1. The van der Waals surface area contributed by atoms with Gasteiger partial charge in [-0.25, -0.2) is 9.97 Å². The van der Waals surface area contributed by atoms with Crippen molar-refractivity contribution in [3.63, 3.8) is 0 Å². The zero-order chi connectivity index (χ0) is 11.6. The number of nitrogens with two attached hydrogens (primary N) is 1. The van der Waals surface area contributed by atoms with Gasteiger partial charge in [0, 0.05) is 19.2 Å². The SMILES string of the molecule is CC1(O)CCCN(c2cc(N)ncn2)CC1. The summed E-state index contributed by atoms with van der Waals surface area (Å²) in [6.07, 6.45) is 4.05. The van der Waals surface area contributed by atoms with E-state index in [1.807, 2.05) is 6.92 Å². The molecule has 0 aliphatic carbocycles. The first-order valence-electron chi connectivity index (χ1n) is 5.62. The molecule has 5 heteroatoms. The fraction of sp³-hybridized carbons (Fsp3) is 0.636. The summed E-state index contributed by atoms with van der Waals surface area (Å²) in [5.41, 5.74) is 5.08. The Bertz CT molecular complexity index is 367. The van der Waals surface area contributed by atoms with Crippen LogP contribution >= 0.6 is 0 Å². The fourth-order valence-electron chi connectivity index (χ4n) is 2.03. The van der Waals surface area contributed by atoms with Gasteiger partial charge in [0.1, 0.15) is 18.0 Å². The van der Waals surface area contributed by atoms with E-state index in [4.69, 9.17) is 5.73 Å². The number of aromatic nitrogens is 2. The molecule has 2 heterocycles. The highest BCUT2D eigenvalue weighted by Crippen LogP contribution is 2.24. The van der Waals surface area contributed by atoms with Crippen LogP contribution in [0.2, 0.25) is 0 Å². The van der Waals surface area contributed by atoms with Gasteiger partial charge < -0.3 is 15.7 Å². The van der Waals surface area contributed by atoms with E-state index in [1.165, 1.54) is 6.33 Å². The van der Waals surface area contributed by atoms with E-state index in [2.05, 4.69) is 14.9 Å². The van der Waals surface area contributed by atoms with Gasteiger partial charge in [0.2, 0.25) is 0 Å². The Hall–Kier alpha value is -1.36. The Morgan fingerprint density at radius 3 is 2.94 bits per heavy atom. The minimum atomic E-state index is -0.548. The Kier molecular flexibility index (Phi) is 2.96. The Labute approximate surface area is 95.3 Å². The second-order valence-corrected chi connectivity index (χ2v) is 4.64. The maximum absolute atomic E-state index is 9.99.